The molecule has 0 bridgehead atoms. The van der Waals surface area contributed by atoms with Crippen LogP contribution in [0.5, 0.6) is 5.75 Å². The second-order valence-electron chi connectivity index (χ2n) is 8.89. The molecule has 3 amide bonds. The van der Waals surface area contributed by atoms with Gasteiger partial charge in [-0.25, -0.2) is 0 Å². The number of amides is 3. The number of hydrogen-bond acceptors (Lipinski definition) is 5. The highest BCUT2D eigenvalue weighted by Gasteiger charge is 2.54. The van der Waals surface area contributed by atoms with Crippen LogP contribution in [0.4, 0.5) is 0 Å². The summed E-state index contributed by atoms with van der Waals surface area (Å²) in [7, 11) is 1.53. The lowest BCUT2D eigenvalue weighted by atomic mass is 9.96. The predicted molar refractivity (Wildman–Crippen MR) is 137 cm³/mol. The lowest BCUT2D eigenvalue weighted by molar-refractivity contribution is -0.128. The standard InChI is InChI=1S/C26H29Cl2N3O5/c1-3-11-29-23(32)22-16-36-26(31(22)25(34)17-5-4-6-19(14-17)35-2)9-12-30(13-10-26)24(33)18-7-8-20(27)21(28)15-18/h4-8,14-15,22H,3,9-13,16H2,1-2H3,(H,29,32). The maximum absolute atomic E-state index is 13.8. The van der Waals surface area contributed by atoms with Crippen LogP contribution in [0.2, 0.25) is 10.0 Å². The number of halogens is 2. The van der Waals surface area contributed by atoms with E-state index in [0.717, 1.165) is 6.42 Å². The van der Waals surface area contributed by atoms with Gasteiger partial charge in [0.15, 0.2) is 0 Å². The Balaban J connectivity index is 1.58. The van der Waals surface area contributed by atoms with Crippen molar-refractivity contribution in [2.24, 2.45) is 0 Å². The molecule has 1 spiro atoms. The highest BCUT2D eigenvalue weighted by Crippen LogP contribution is 2.39. The third kappa shape index (κ3) is 5.16. The SMILES string of the molecule is CCCNC(=O)C1COC2(CCN(C(=O)c3ccc(Cl)c(Cl)c3)CC2)N1C(=O)c1cccc(OC)c1. The fourth-order valence-electron chi connectivity index (χ4n) is 4.70. The summed E-state index contributed by atoms with van der Waals surface area (Å²) in [5, 5.41) is 3.58. The van der Waals surface area contributed by atoms with Crippen LogP contribution in [0.15, 0.2) is 42.5 Å². The number of nitrogens with one attached hydrogen (secondary N) is 1. The maximum Gasteiger partial charge on any atom is 0.257 e. The van der Waals surface area contributed by atoms with Crippen molar-refractivity contribution >= 4 is 40.9 Å². The first-order valence-electron chi connectivity index (χ1n) is 11.9. The van der Waals surface area contributed by atoms with Crippen molar-refractivity contribution < 1.29 is 23.9 Å². The van der Waals surface area contributed by atoms with Crippen molar-refractivity contribution in [2.45, 2.75) is 38.0 Å². The molecule has 36 heavy (non-hydrogen) atoms. The van der Waals surface area contributed by atoms with Crippen molar-refractivity contribution in [1.29, 1.82) is 0 Å². The number of nitrogens with zero attached hydrogens (tertiary/aromatic N) is 2. The van der Waals surface area contributed by atoms with Crippen LogP contribution in [0, 0.1) is 0 Å². The fraction of sp³-hybridized carbons (Fsp3) is 0.423. The predicted octanol–water partition coefficient (Wildman–Crippen LogP) is 4.00. The van der Waals surface area contributed by atoms with E-state index in [1.165, 1.54) is 7.11 Å². The lowest BCUT2D eigenvalue weighted by Gasteiger charge is -2.44. The summed E-state index contributed by atoms with van der Waals surface area (Å²) in [4.78, 5) is 43.2. The topological polar surface area (TPSA) is 88.2 Å². The zero-order valence-corrected chi connectivity index (χ0v) is 21.8. The molecule has 0 aliphatic carbocycles. The Morgan fingerprint density at radius 1 is 1.06 bits per heavy atom. The van der Waals surface area contributed by atoms with Gasteiger partial charge in [-0.1, -0.05) is 36.2 Å². The number of ether oxygens (including phenoxy) is 2. The van der Waals surface area contributed by atoms with Crippen molar-refractivity contribution in [3.8, 4) is 5.75 Å². The van der Waals surface area contributed by atoms with Crippen molar-refractivity contribution in [1.82, 2.24) is 15.1 Å². The minimum atomic E-state index is -0.997. The molecule has 1 unspecified atom stereocenters. The first kappa shape index (κ1) is 26.3. The molecule has 2 saturated heterocycles. The summed E-state index contributed by atoms with van der Waals surface area (Å²) in [6.07, 6.45) is 1.51. The average molecular weight is 534 g/mol. The van der Waals surface area contributed by atoms with E-state index in [0.29, 0.717) is 59.4 Å². The summed E-state index contributed by atoms with van der Waals surface area (Å²) in [6, 6.07) is 10.9. The first-order valence-corrected chi connectivity index (χ1v) is 12.7. The van der Waals surface area contributed by atoms with E-state index in [4.69, 9.17) is 32.7 Å². The number of rotatable bonds is 6. The summed E-state index contributed by atoms with van der Waals surface area (Å²) >= 11 is 12.1. The third-order valence-corrected chi connectivity index (χ3v) is 7.39. The van der Waals surface area contributed by atoms with Gasteiger partial charge in [0.1, 0.15) is 17.5 Å². The zero-order chi connectivity index (χ0) is 25.9. The average Bonchev–Trinajstić information content (AvgIpc) is 3.26. The highest BCUT2D eigenvalue weighted by molar-refractivity contribution is 6.42. The Morgan fingerprint density at radius 2 is 1.78 bits per heavy atom. The van der Waals surface area contributed by atoms with E-state index < -0.39 is 11.8 Å². The second kappa shape index (κ2) is 11.1. The van der Waals surface area contributed by atoms with Gasteiger partial charge >= 0.3 is 0 Å². The minimum absolute atomic E-state index is 0.0893. The quantitative estimate of drug-likeness (QED) is 0.606. The molecule has 2 fully saturated rings. The molecule has 0 aromatic heterocycles. The Bertz CT molecular complexity index is 1150. The molecule has 2 aliphatic heterocycles. The lowest BCUT2D eigenvalue weighted by Crippen LogP contribution is -2.59. The van der Waals surface area contributed by atoms with Gasteiger partial charge in [0, 0.05) is 43.6 Å². The van der Waals surface area contributed by atoms with Crippen molar-refractivity contribution in [3.05, 3.63) is 63.6 Å². The van der Waals surface area contributed by atoms with Gasteiger partial charge in [-0.15, -0.1) is 0 Å². The summed E-state index contributed by atoms with van der Waals surface area (Å²) in [5.74, 6) is -0.194. The molecular weight excluding hydrogens is 505 g/mol. The van der Waals surface area contributed by atoms with Crippen LogP contribution >= 0.6 is 23.2 Å². The fourth-order valence-corrected chi connectivity index (χ4v) is 5.00. The zero-order valence-electron chi connectivity index (χ0n) is 20.3. The van der Waals surface area contributed by atoms with Gasteiger partial charge in [-0.05, 0) is 42.8 Å². The molecular formula is C26H29Cl2N3O5. The molecule has 0 radical (unpaired) electrons. The van der Waals surface area contributed by atoms with E-state index in [1.54, 1.807) is 52.3 Å². The third-order valence-electron chi connectivity index (χ3n) is 6.65. The number of piperidine rings is 1. The maximum atomic E-state index is 13.8. The first-order chi connectivity index (χ1) is 17.3. The Labute approximate surface area is 220 Å². The van der Waals surface area contributed by atoms with Gasteiger partial charge < -0.3 is 19.7 Å². The summed E-state index contributed by atoms with van der Waals surface area (Å²) in [6.45, 7) is 3.27. The number of hydrogen-bond donors (Lipinski definition) is 1. The number of carbonyl (C=O) groups is 3. The monoisotopic (exact) mass is 533 g/mol. The van der Waals surface area contributed by atoms with Crippen LogP contribution < -0.4 is 10.1 Å². The number of likely N-dealkylation sites (tertiary alicyclic amines) is 1. The van der Waals surface area contributed by atoms with E-state index in [-0.39, 0.29) is 24.3 Å². The molecule has 1 N–H and O–H groups in total. The van der Waals surface area contributed by atoms with Gasteiger partial charge in [0.05, 0.1) is 23.8 Å². The van der Waals surface area contributed by atoms with E-state index in [9.17, 15) is 14.4 Å². The molecule has 4 rings (SSSR count). The molecule has 10 heteroatoms. The normalized spacial score (nSPS) is 18.8. The van der Waals surface area contributed by atoms with Gasteiger partial charge in [-0.3, -0.25) is 19.3 Å². The van der Waals surface area contributed by atoms with Crippen molar-refractivity contribution in [2.75, 3.05) is 33.4 Å². The van der Waals surface area contributed by atoms with Gasteiger partial charge in [-0.2, -0.15) is 0 Å². The van der Waals surface area contributed by atoms with Crippen LogP contribution in [0.3, 0.4) is 0 Å². The molecule has 2 aromatic carbocycles. The van der Waals surface area contributed by atoms with E-state index >= 15 is 0 Å². The minimum Gasteiger partial charge on any atom is -0.497 e. The molecule has 8 nitrogen and oxygen atoms in total. The Kier molecular flexibility index (Phi) is 8.07. The second-order valence-corrected chi connectivity index (χ2v) is 9.71. The van der Waals surface area contributed by atoms with Crippen molar-refractivity contribution in [3.63, 3.8) is 0 Å². The molecule has 0 saturated carbocycles. The van der Waals surface area contributed by atoms with Gasteiger partial charge in [0.25, 0.3) is 11.8 Å². The highest BCUT2D eigenvalue weighted by atomic mass is 35.5. The Hall–Kier alpha value is -2.81. The number of benzene rings is 2. The molecule has 192 valence electrons. The van der Waals surface area contributed by atoms with Crippen LogP contribution in [-0.4, -0.2) is 72.6 Å². The summed E-state index contributed by atoms with van der Waals surface area (Å²) < 4.78 is 11.5. The largest absolute Gasteiger partial charge is 0.497 e. The molecule has 2 aliphatic rings. The molecule has 2 aromatic rings. The van der Waals surface area contributed by atoms with E-state index in [2.05, 4.69) is 5.32 Å². The van der Waals surface area contributed by atoms with E-state index in [1.807, 2.05) is 6.92 Å². The van der Waals surface area contributed by atoms with Gasteiger partial charge in [0.2, 0.25) is 5.91 Å². The smallest absolute Gasteiger partial charge is 0.257 e. The van der Waals surface area contributed by atoms with Crippen LogP contribution in [-0.2, 0) is 9.53 Å². The summed E-state index contributed by atoms with van der Waals surface area (Å²) in [5.41, 5.74) is -0.154. The Morgan fingerprint density at radius 3 is 2.44 bits per heavy atom. The van der Waals surface area contributed by atoms with Crippen LogP contribution in [0.1, 0.15) is 46.9 Å². The molecule has 2 heterocycles. The van der Waals surface area contributed by atoms with Crippen LogP contribution in [0.25, 0.3) is 0 Å². The number of methoxy groups -OCH3 is 1. The number of carbonyl (C=O) groups excluding carboxylic acids is 3. The molecule has 1 atom stereocenters.